The highest BCUT2D eigenvalue weighted by Crippen LogP contribution is 2.40. The summed E-state index contributed by atoms with van der Waals surface area (Å²) >= 11 is 0. The lowest BCUT2D eigenvalue weighted by molar-refractivity contribution is -0.128. The van der Waals surface area contributed by atoms with Crippen molar-refractivity contribution < 1.29 is 4.79 Å². The van der Waals surface area contributed by atoms with E-state index in [4.69, 9.17) is 0 Å². The van der Waals surface area contributed by atoms with E-state index in [-0.39, 0.29) is 5.41 Å². The normalized spacial score (nSPS) is 21.7. The van der Waals surface area contributed by atoms with Gasteiger partial charge >= 0.3 is 0 Å². The first-order valence-corrected chi connectivity index (χ1v) is 7.63. The SMILES string of the molecule is Cc1cccc(C)c1CN1CC2(CCNCC2)CC1=O. The number of nitrogens with zero attached hydrogens (tertiary/aromatic N) is 1. The molecule has 3 nitrogen and oxygen atoms in total. The van der Waals surface area contributed by atoms with Gasteiger partial charge in [0, 0.05) is 19.5 Å². The molecule has 1 spiro atoms. The van der Waals surface area contributed by atoms with E-state index in [1.54, 1.807) is 0 Å². The zero-order valence-corrected chi connectivity index (χ0v) is 12.5. The zero-order valence-electron chi connectivity index (χ0n) is 12.5. The van der Waals surface area contributed by atoms with Crippen molar-refractivity contribution in [2.24, 2.45) is 5.41 Å². The average molecular weight is 272 g/mol. The van der Waals surface area contributed by atoms with Gasteiger partial charge in [-0.15, -0.1) is 0 Å². The predicted octanol–water partition coefficient (Wildman–Crippen LogP) is 2.41. The fourth-order valence-corrected chi connectivity index (χ4v) is 3.71. The third-order valence-corrected chi connectivity index (χ3v) is 5.06. The highest BCUT2D eigenvalue weighted by Gasteiger charge is 2.43. The van der Waals surface area contributed by atoms with Gasteiger partial charge in [-0.2, -0.15) is 0 Å². The number of benzene rings is 1. The van der Waals surface area contributed by atoms with Crippen LogP contribution in [0.4, 0.5) is 0 Å². The molecular weight excluding hydrogens is 248 g/mol. The standard InChI is InChI=1S/C17H24N2O/c1-13-4-3-5-14(2)15(13)11-19-12-17(10-16(19)20)6-8-18-9-7-17/h3-5,18H,6-12H2,1-2H3. The molecule has 0 aliphatic carbocycles. The molecule has 1 N–H and O–H groups in total. The van der Waals surface area contributed by atoms with Crippen LogP contribution in [0.5, 0.6) is 0 Å². The van der Waals surface area contributed by atoms with Crippen molar-refractivity contribution in [1.29, 1.82) is 0 Å². The Hall–Kier alpha value is -1.35. The van der Waals surface area contributed by atoms with Gasteiger partial charge in [0.25, 0.3) is 0 Å². The van der Waals surface area contributed by atoms with E-state index >= 15 is 0 Å². The second-order valence-corrected chi connectivity index (χ2v) is 6.55. The second-order valence-electron chi connectivity index (χ2n) is 6.55. The molecular formula is C17H24N2O. The largest absolute Gasteiger partial charge is 0.338 e. The molecule has 0 saturated carbocycles. The molecule has 1 aromatic rings. The van der Waals surface area contributed by atoms with Crippen LogP contribution in [0.1, 0.15) is 36.0 Å². The van der Waals surface area contributed by atoms with E-state index in [1.165, 1.54) is 16.7 Å². The molecule has 2 aliphatic rings. The summed E-state index contributed by atoms with van der Waals surface area (Å²) in [5.41, 5.74) is 4.17. The van der Waals surface area contributed by atoms with Gasteiger partial charge in [-0.3, -0.25) is 4.79 Å². The van der Waals surface area contributed by atoms with Crippen molar-refractivity contribution in [3.8, 4) is 0 Å². The fourth-order valence-electron chi connectivity index (χ4n) is 3.71. The van der Waals surface area contributed by atoms with E-state index in [0.29, 0.717) is 5.91 Å². The minimum Gasteiger partial charge on any atom is -0.338 e. The number of amides is 1. The Morgan fingerprint density at radius 2 is 1.85 bits per heavy atom. The summed E-state index contributed by atoms with van der Waals surface area (Å²) in [5.74, 6) is 0.342. The quantitative estimate of drug-likeness (QED) is 0.896. The van der Waals surface area contributed by atoms with E-state index < -0.39 is 0 Å². The van der Waals surface area contributed by atoms with Crippen LogP contribution in [0, 0.1) is 19.3 Å². The van der Waals surface area contributed by atoms with E-state index in [1.807, 2.05) is 0 Å². The van der Waals surface area contributed by atoms with Crippen LogP contribution in [0.25, 0.3) is 0 Å². The third kappa shape index (κ3) is 2.47. The molecule has 2 aliphatic heterocycles. The fraction of sp³-hybridized carbons (Fsp3) is 0.588. The molecule has 0 bridgehead atoms. The van der Waals surface area contributed by atoms with Crippen LogP contribution in [-0.2, 0) is 11.3 Å². The summed E-state index contributed by atoms with van der Waals surface area (Å²) in [6, 6.07) is 6.38. The minimum atomic E-state index is 0.249. The summed E-state index contributed by atoms with van der Waals surface area (Å²) in [7, 11) is 0. The minimum absolute atomic E-state index is 0.249. The van der Waals surface area contributed by atoms with Crippen LogP contribution in [0.15, 0.2) is 18.2 Å². The molecule has 0 atom stereocenters. The molecule has 2 heterocycles. The Morgan fingerprint density at radius 1 is 1.20 bits per heavy atom. The molecule has 108 valence electrons. The molecule has 0 radical (unpaired) electrons. The van der Waals surface area contributed by atoms with E-state index in [9.17, 15) is 4.79 Å². The van der Waals surface area contributed by atoms with Crippen molar-refractivity contribution in [3.05, 3.63) is 34.9 Å². The lowest BCUT2D eigenvalue weighted by atomic mass is 9.78. The summed E-state index contributed by atoms with van der Waals surface area (Å²) in [4.78, 5) is 14.5. The lowest BCUT2D eigenvalue weighted by Gasteiger charge is -2.33. The zero-order chi connectivity index (χ0) is 14.2. The number of piperidine rings is 1. The van der Waals surface area contributed by atoms with Crippen molar-refractivity contribution in [2.45, 2.75) is 39.7 Å². The van der Waals surface area contributed by atoms with Gasteiger partial charge < -0.3 is 10.2 Å². The molecule has 3 rings (SSSR count). The van der Waals surface area contributed by atoms with E-state index in [0.717, 1.165) is 45.4 Å². The summed E-state index contributed by atoms with van der Waals surface area (Å²) in [6.45, 7) is 8.13. The molecule has 1 amide bonds. The first kappa shape index (κ1) is 13.6. The van der Waals surface area contributed by atoms with Gasteiger partial charge in [0.2, 0.25) is 5.91 Å². The first-order valence-electron chi connectivity index (χ1n) is 7.63. The summed E-state index contributed by atoms with van der Waals surface area (Å²) in [5, 5.41) is 3.40. The molecule has 0 unspecified atom stereocenters. The molecule has 2 fully saturated rings. The number of likely N-dealkylation sites (tertiary alicyclic amines) is 1. The van der Waals surface area contributed by atoms with Crippen molar-refractivity contribution in [1.82, 2.24) is 10.2 Å². The summed E-state index contributed by atoms with van der Waals surface area (Å²) < 4.78 is 0. The predicted molar refractivity (Wildman–Crippen MR) is 80.5 cm³/mol. The number of aryl methyl sites for hydroxylation is 2. The number of hydrogen-bond acceptors (Lipinski definition) is 2. The van der Waals surface area contributed by atoms with E-state index in [2.05, 4.69) is 42.3 Å². The lowest BCUT2D eigenvalue weighted by Crippen LogP contribution is -2.38. The Bertz CT molecular complexity index is 497. The maximum Gasteiger partial charge on any atom is 0.223 e. The number of hydrogen-bond donors (Lipinski definition) is 1. The van der Waals surface area contributed by atoms with Crippen LogP contribution in [-0.4, -0.2) is 30.4 Å². The number of carbonyl (C=O) groups excluding carboxylic acids is 1. The van der Waals surface area contributed by atoms with Gasteiger partial charge in [-0.05, 0) is 61.9 Å². The molecule has 2 saturated heterocycles. The van der Waals surface area contributed by atoms with Gasteiger partial charge in [0.1, 0.15) is 0 Å². The average Bonchev–Trinajstić information content (AvgIpc) is 2.71. The molecule has 0 aromatic heterocycles. The number of rotatable bonds is 2. The number of carbonyl (C=O) groups is 1. The maximum absolute atomic E-state index is 12.4. The van der Waals surface area contributed by atoms with Crippen molar-refractivity contribution in [2.75, 3.05) is 19.6 Å². The highest BCUT2D eigenvalue weighted by atomic mass is 16.2. The summed E-state index contributed by atoms with van der Waals surface area (Å²) in [6.07, 6.45) is 3.03. The van der Waals surface area contributed by atoms with Crippen LogP contribution < -0.4 is 5.32 Å². The highest BCUT2D eigenvalue weighted by molar-refractivity contribution is 5.79. The molecule has 20 heavy (non-hydrogen) atoms. The Labute approximate surface area is 121 Å². The second kappa shape index (κ2) is 5.21. The third-order valence-electron chi connectivity index (χ3n) is 5.06. The smallest absolute Gasteiger partial charge is 0.223 e. The van der Waals surface area contributed by atoms with Crippen molar-refractivity contribution >= 4 is 5.91 Å². The Kier molecular flexibility index (Phi) is 3.55. The number of nitrogens with one attached hydrogen (secondary N) is 1. The van der Waals surface area contributed by atoms with Crippen LogP contribution in [0.2, 0.25) is 0 Å². The van der Waals surface area contributed by atoms with Crippen LogP contribution >= 0.6 is 0 Å². The first-order chi connectivity index (χ1) is 9.60. The van der Waals surface area contributed by atoms with Gasteiger partial charge in [-0.1, -0.05) is 18.2 Å². The van der Waals surface area contributed by atoms with Crippen molar-refractivity contribution in [3.63, 3.8) is 0 Å². The topological polar surface area (TPSA) is 32.3 Å². The van der Waals surface area contributed by atoms with Crippen LogP contribution in [0.3, 0.4) is 0 Å². The molecule has 1 aromatic carbocycles. The monoisotopic (exact) mass is 272 g/mol. The van der Waals surface area contributed by atoms with Gasteiger partial charge in [0.15, 0.2) is 0 Å². The molecule has 3 heteroatoms. The Morgan fingerprint density at radius 3 is 2.50 bits per heavy atom. The van der Waals surface area contributed by atoms with Gasteiger partial charge in [0.05, 0.1) is 0 Å². The Balaban J connectivity index is 1.77. The maximum atomic E-state index is 12.4. The van der Waals surface area contributed by atoms with Gasteiger partial charge in [-0.25, -0.2) is 0 Å².